The average molecular weight is 246 g/mol. The van der Waals surface area contributed by atoms with Crippen LogP contribution in [-0.4, -0.2) is 25.7 Å². The van der Waals surface area contributed by atoms with Crippen LogP contribution < -0.4 is 11.1 Å². The van der Waals surface area contributed by atoms with Crippen LogP contribution in [0.25, 0.3) is 0 Å². The molecule has 0 radical (unpaired) electrons. The summed E-state index contributed by atoms with van der Waals surface area (Å²) in [6.45, 7) is 2.03. The van der Waals surface area contributed by atoms with Gasteiger partial charge in [-0.2, -0.15) is 5.10 Å². The fourth-order valence-electron chi connectivity index (χ4n) is 1.50. The number of pyridine rings is 1. The molecule has 0 fully saturated rings. The van der Waals surface area contributed by atoms with Crippen molar-refractivity contribution in [2.24, 2.45) is 7.05 Å². The van der Waals surface area contributed by atoms with Gasteiger partial charge in [0.15, 0.2) is 5.82 Å². The van der Waals surface area contributed by atoms with Crippen molar-refractivity contribution < 1.29 is 4.79 Å². The third-order valence-corrected chi connectivity index (χ3v) is 2.41. The molecular weight excluding hydrogens is 232 g/mol. The zero-order chi connectivity index (χ0) is 13.1. The molecule has 3 N–H and O–H groups in total. The van der Waals surface area contributed by atoms with Crippen LogP contribution in [0.4, 0.5) is 5.69 Å². The summed E-state index contributed by atoms with van der Waals surface area (Å²) in [7, 11) is 1.77. The first-order chi connectivity index (χ1) is 8.56. The Kier molecular flexibility index (Phi) is 3.22. The number of nitrogens with two attached hydrogens (primary N) is 1. The van der Waals surface area contributed by atoms with Gasteiger partial charge in [0.2, 0.25) is 0 Å². The minimum absolute atomic E-state index is 0.236. The molecule has 2 aromatic heterocycles. The van der Waals surface area contributed by atoms with Crippen LogP contribution in [0.15, 0.2) is 18.6 Å². The number of hydrogen-bond acceptors (Lipinski definition) is 5. The zero-order valence-corrected chi connectivity index (χ0v) is 10.2. The predicted octanol–water partition coefficient (Wildman–Crippen LogP) is 0.0307. The third-order valence-electron chi connectivity index (χ3n) is 2.41. The number of hydrogen-bond donors (Lipinski definition) is 2. The Morgan fingerprint density at radius 3 is 2.94 bits per heavy atom. The zero-order valence-electron chi connectivity index (χ0n) is 10.2. The number of carbonyl (C=O) groups excluding carboxylic acids is 1. The van der Waals surface area contributed by atoms with Gasteiger partial charge in [-0.15, -0.1) is 0 Å². The highest BCUT2D eigenvalue weighted by molar-refractivity contribution is 5.95. The molecule has 1 amide bonds. The molecule has 0 saturated carbocycles. The maximum absolute atomic E-state index is 11.9. The molecule has 0 unspecified atom stereocenters. The van der Waals surface area contributed by atoms with E-state index < -0.39 is 0 Å². The number of nitrogen functional groups attached to an aromatic ring is 1. The highest BCUT2D eigenvalue weighted by Gasteiger charge is 2.11. The van der Waals surface area contributed by atoms with E-state index in [1.165, 1.54) is 6.20 Å². The van der Waals surface area contributed by atoms with Crippen LogP contribution >= 0.6 is 0 Å². The number of nitrogens with one attached hydrogen (secondary N) is 1. The van der Waals surface area contributed by atoms with Gasteiger partial charge in [0.25, 0.3) is 5.91 Å². The highest BCUT2D eigenvalue weighted by atomic mass is 16.1. The number of aromatic nitrogens is 4. The molecule has 0 spiro atoms. The molecule has 2 aromatic rings. The summed E-state index contributed by atoms with van der Waals surface area (Å²) in [6, 6.07) is 1.60. The molecule has 0 bridgehead atoms. The Labute approximate surface area is 104 Å². The summed E-state index contributed by atoms with van der Waals surface area (Å²) in [6.07, 6.45) is 3.10. The number of amides is 1. The Hall–Kier alpha value is -2.44. The SMILES string of the molecule is Cc1ncc(N)cc1C(=O)NCc1ncn(C)n1. The van der Waals surface area contributed by atoms with E-state index >= 15 is 0 Å². The Balaban J connectivity index is 2.05. The van der Waals surface area contributed by atoms with Gasteiger partial charge in [-0.25, -0.2) is 4.98 Å². The predicted molar refractivity (Wildman–Crippen MR) is 65.6 cm³/mol. The van der Waals surface area contributed by atoms with Crippen molar-refractivity contribution >= 4 is 11.6 Å². The van der Waals surface area contributed by atoms with E-state index in [9.17, 15) is 4.79 Å². The van der Waals surface area contributed by atoms with Crippen molar-refractivity contribution in [1.29, 1.82) is 0 Å². The largest absolute Gasteiger partial charge is 0.397 e. The molecular formula is C11H14N6O. The van der Waals surface area contributed by atoms with E-state index in [-0.39, 0.29) is 12.5 Å². The Morgan fingerprint density at radius 1 is 1.50 bits per heavy atom. The molecule has 94 valence electrons. The van der Waals surface area contributed by atoms with Crippen molar-refractivity contribution in [2.75, 3.05) is 5.73 Å². The normalized spacial score (nSPS) is 10.3. The van der Waals surface area contributed by atoms with Crippen LogP contribution in [0.3, 0.4) is 0 Å². The van der Waals surface area contributed by atoms with Gasteiger partial charge in [-0.1, -0.05) is 0 Å². The molecule has 7 heteroatoms. The summed E-state index contributed by atoms with van der Waals surface area (Å²) in [5.74, 6) is 0.320. The summed E-state index contributed by atoms with van der Waals surface area (Å²) >= 11 is 0. The Morgan fingerprint density at radius 2 is 2.28 bits per heavy atom. The third kappa shape index (κ3) is 2.62. The minimum atomic E-state index is -0.236. The fraction of sp³-hybridized carbons (Fsp3) is 0.273. The lowest BCUT2D eigenvalue weighted by atomic mass is 10.2. The maximum Gasteiger partial charge on any atom is 0.253 e. The van der Waals surface area contributed by atoms with E-state index in [1.54, 1.807) is 31.0 Å². The van der Waals surface area contributed by atoms with E-state index in [0.29, 0.717) is 22.8 Å². The number of nitrogens with zero attached hydrogens (tertiary/aromatic N) is 4. The molecule has 0 aliphatic heterocycles. The summed E-state index contributed by atoms with van der Waals surface area (Å²) in [4.78, 5) is 20.0. The van der Waals surface area contributed by atoms with Crippen molar-refractivity contribution in [3.63, 3.8) is 0 Å². The molecule has 18 heavy (non-hydrogen) atoms. The summed E-state index contributed by atoms with van der Waals surface area (Å²) < 4.78 is 1.58. The van der Waals surface area contributed by atoms with Crippen LogP contribution in [-0.2, 0) is 13.6 Å². The van der Waals surface area contributed by atoms with Crippen molar-refractivity contribution in [2.45, 2.75) is 13.5 Å². The summed E-state index contributed by atoms with van der Waals surface area (Å²) in [5, 5.41) is 6.79. The molecule has 0 aliphatic carbocycles. The van der Waals surface area contributed by atoms with Crippen molar-refractivity contribution in [3.8, 4) is 0 Å². The second-order valence-electron chi connectivity index (χ2n) is 3.92. The van der Waals surface area contributed by atoms with Gasteiger partial charge in [0.1, 0.15) is 6.33 Å². The van der Waals surface area contributed by atoms with Crippen LogP contribution in [0, 0.1) is 6.92 Å². The van der Waals surface area contributed by atoms with Gasteiger partial charge in [-0.3, -0.25) is 14.5 Å². The lowest BCUT2D eigenvalue weighted by molar-refractivity contribution is 0.0949. The second-order valence-corrected chi connectivity index (χ2v) is 3.92. The lowest BCUT2D eigenvalue weighted by Crippen LogP contribution is -2.24. The lowest BCUT2D eigenvalue weighted by Gasteiger charge is -2.06. The topological polar surface area (TPSA) is 98.7 Å². The van der Waals surface area contributed by atoms with Crippen LogP contribution in [0.2, 0.25) is 0 Å². The number of carbonyl (C=O) groups is 1. The fourth-order valence-corrected chi connectivity index (χ4v) is 1.50. The first kappa shape index (κ1) is 12.0. The van der Waals surface area contributed by atoms with Crippen molar-refractivity contribution in [1.82, 2.24) is 25.1 Å². The monoisotopic (exact) mass is 246 g/mol. The number of aryl methyl sites for hydroxylation is 2. The molecule has 0 atom stereocenters. The quantitative estimate of drug-likeness (QED) is 0.796. The molecule has 0 aliphatic rings. The first-order valence-corrected chi connectivity index (χ1v) is 5.41. The second kappa shape index (κ2) is 4.82. The Bertz CT molecular complexity index is 577. The molecule has 2 heterocycles. The van der Waals surface area contributed by atoms with Gasteiger partial charge < -0.3 is 11.1 Å². The van der Waals surface area contributed by atoms with Gasteiger partial charge in [-0.05, 0) is 13.0 Å². The molecule has 2 rings (SSSR count). The average Bonchev–Trinajstić information content (AvgIpc) is 2.75. The minimum Gasteiger partial charge on any atom is -0.397 e. The van der Waals surface area contributed by atoms with Gasteiger partial charge >= 0.3 is 0 Å². The molecule has 0 saturated heterocycles. The molecule has 7 nitrogen and oxygen atoms in total. The van der Waals surface area contributed by atoms with Gasteiger partial charge in [0, 0.05) is 7.05 Å². The van der Waals surface area contributed by atoms with Crippen LogP contribution in [0.1, 0.15) is 21.9 Å². The summed E-state index contributed by atoms with van der Waals surface area (Å²) in [5.41, 5.74) is 7.16. The van der Waals surface area contributed by atoms with E-state index in [0.717, 1.165) is 0 Å². The van der Waals surface area contributed by atoms with E-state index in [4.69, 9.17) is 5.73 Å². The van der Waals surface area contributed by atoms with Crippen LogP contribution in [0.5, 0.6) is 0 Å². The highest BCUT2D eigenvalue weighted by Crippen LogP contribution is 2.09. The number of rotatable bonds is 3. The van der Waals surface area contributed by atoms with E-state index in [2.05, 4.69) is 20.4 Å². The smallest absolute Gasteiger partial charge is 0.253 e. The maximum atomic E-state index is 11.9. The number of anilines is 1. The standard InChI is InChI=1S/C11H14N6O/c1-7-9(3-8(12)4-13-7)11(18)14-5-10-15-6-17(2)16-10/h3-4,6H,5,12H2,1-2H3,(H,14,18). The first-order valence-electron chi connectivity index (χ1n) is 5.41. The van der Waals surface area contributed by atoms with E-state index in [1.807, 2.05) is 0 Å². The molecule has 0 aromatic carbocycles. The van der Waals surface area contributed by atoms with Crippen molar-refractivity contribution in [3.05, 3.63) is 35.7 Å². The van der Waals surface area contributed by atoms with Gasteiger partial charge in [0.05, 0.1) is 29.7 Å².